The van der Waals surface area contributed by atoms with E-state index in [-0.39, 0.29) is 5.91 Å². The van der Waals surface area contributed by atoms with Crippen LogP contribution < -0.4 is 14.8 Å². The van der Waals surface area contributed by atoms with Crippen molar-refractivity contribution in [3.05, 3.63) is 29.8 Å². The van der Waals surface area contributed by atoms with Crippen LogP contribution in [0.25, 0.3) is 0 Å². The first-order chi connectivity index (χ1) is 13.9. The van der Waals surface area contributed by atoms with Gasteiger partial charge in [-0.1, -0.05) is 12.1 Å². The lowest BCUT2D eigenvalue weighted by Gasteiger charge is -2.36. The van der Waals surface area contributed by atoms with Crippen LogP contribution in [-0.4, -0.2) is 83.1 Å². The Morgan fingerprint density at radius 2 is 2.10 bits per heavy atom. The van der Waals surface area contributed by atoms with Crippen molar-refractivity contribution in [1.82, 2.24) is 19.2 Å². The van der Waals surface area contributed by atoms with Crippen LogP contribution in [0.2, 0.25) is 0 Å². The number of morpholine rings is 1. The summed E-state index contributed by atoms with van der Waals surface area (Å²) in [6.45, 7) is 4.71. The fourth-order valence-electron chi connectivity index (χ4n) is 3.64. The molecule has 2 N–H and O–H groups in total. The maximum atomic E-state index is 12.7. The molecular formula is C19H30N4O5S. The Morgan fingerprint density at radius 3 is 2.83 bits per heavy atom. The molecule has 29 heavy (non-hydrogen) atoms. The molecule has 0 bridgehead atoms. The van der Waals surface area contributed by atoms with Gasteiger partial charge in [0.25, 0.3) is 10.2 Å². The summed E-state index contributed by atoms with van der Waals surface area (Å²) in [6, 6.07) is 5.97. The van der Waals surface area contributed by atoms with Crippen LogP contribution in [0, 0.1) is 0 Å². The second kappa shape index (κ2) is 9.86. The standard InChI is InChI=1S/C19H30N4O5S/c1-22-18(19(24)20-7-4-8-23-9-11-28-12-10-23)14-17(21-29(22,25)26)15-5-3-6-16(13-15)27-2/h3,5-6,13,17-18,21H,4,7-12,14H2,1-2H3,(H,20,24). The van der Waals surface area contributed by atoms with Crippen LogP contribution in [0.4, 0.5) is 0 Å². The normalized spacial score (nSPS) is 25.4. The number of carbonyl (C=O) groups excluding carboxylic acids is 1. The van der Waals surface area contributed by atoms with E-state index in [1.165, 1.54) is 7.05 Å². The van der Waals surface area contributed by atoms with E-state index in [0.717, 1.165) is 49.1 Å². The number of nitrogens with one attached hydrogen (secondary N) is 2. The second-order valence-electron chi connectivity index (χ2n) is 7.32. The Hall–Kier alpha value is -1.72. The van der Waals surface area contributed by atoms with Crippen molar-refractivity contribution in [2.75, 3.05) is 53.6 Å². The first-order valence-corrected chi connectivity index (χ1v) is 11.3. The minimum atomic E-state index is -3.76. The van der Waals surface area contributed by atoms with E-state index < -0.39 is 22.3 Å². The quantitative estimate of drug-likeness (QED) is 0.601. The number of rotatable bonds is 7. The van der Waals surface area contributed by atoms with Crippen LogP contribution >= 0.6 is 0 Å². The van der Waals surface area contributed by atoms with Crippen LogP contribution in [-0.2, 0) is 19.7 Å². The van der Waals surface area contributed by atoms with E-state index in [4.69, 9.17) is 9.47 Å². The Bertz CT molecular complexity index is 798. The highest BCUT2D eigenvalue weighted by molar-refractivity contribution is 7.87. The van der Waals surface area contributed by atoms with Crippen molar-refractivity contribution in [1.29, 1.82) is 0 Å². The molecule has 2 aliphatic rings. The summed E-state index contributed by atoms with van der Waals surface area (Å²) in [5.74, 6) is 0.372. The molecule has 0 saturated carbocycles. The Kier molecular flexibility index (Phi) is 7.47. The Balaban J connectivity index is 1.59. The van der Waals surface area contributed by atoms with Crippen molar-refractivity contribution >= 4 is 16.1 Å². The lowest BCUT2D eigenvalue weighted by atomic mass is 9.99. The molecule has 10 heteroatoms. The number of likely N-dealkylation sites (N-methyl/N-ethyl adjacent to an activating group) is 1. The Morgan fingerprint density at radius 1 is 1.34 bits per heavy atom. The minimum absolute atomic E-state index is 0.271. The molecule has 3 rings (SSSR count). The molecule has 0 aromatic heterocycles. The summed E-state index contributed by atoms with van der Waals surface area (Å²) in [4.78, 5) is 15.0. The summed E-state index contributed by atoms with van der Waals surface area (Å²) in [5.41, 5.74) is 0.770. The van der Waals surface area contributed by atoms with Crippen LogP contribution in [0.5, 0.6) is 5.75 Å². The van der Waals surface area contributed by atoms with Gasteiger partial charge in [-0.25, -0.2) is 0 Å². The number of hydrogen-bond acceptors (Lipinski definition) is 6. The number of carbonyl (C=O) groups is 1. The summed E-state index contributed by atoms with van der Waals surface area (Å²) >= 11 is 0. The van der Waals surface area contributed by atoms with Crippen molar-refractivity contribution < 1.29 is 22.7 Å². The van der Waals surface area contributed by atoms with Gasteiger partial charge in [-0.3, -0.25) is 9.69 Å². The lowest BCUT2D eigenvalue weighted by molar-refractivity contribution is -0.125. The monoisotopic (exact) mass is 426 g/mol. The molecule has 162 valence electrons. The summed E-state index contributed by atoms with van der Waals surface area (Å²) in [6.07, 6.45) is 1.16. The summed E-state index contributed by atoms with van der Waals surface area (Å²) in [5, 5.41) is 2.90. The third kappa shape index (κ3) is 5.67. The van der Waals surface area contributed by atoms with E-state index in [1.807, 2.05) is 12.1 Å². The van der Waals surface area contributed by atoms with Gasteiger partial charge in [-0.05, 0) is 37.1 Å². The second-order valence-corrected chi connectivity index (χ2v) is 9.08. The number of ether oxygens (including phenoxy) is 2. The molecule has 2 aliphatic heterocycles. The van der Waals surface area contributed by atoms with Gasteiger partial charge in [-0.15, -0.1) is 0 Å². The first kappa shape index (κ1) is 22.0. The predicted octanol–water partition coefficient (Wildman–Crippen LogP) is 0.113. The molecule has 9 nitrogen and oxygen atoms in total. The largest absolute Gasteiger partial charge is 0.497 e. The molecule has 2 heterocycles. The first-order valence-electron chi connectivity index (χ1n) is 9.88. The average Bonchev–Trinajstić information content (AvgIpc) is 2.73. The van der Waals surface area contributed by atoms with Gasteiger partial charge in [0.2, 0.25) is 5.91 Å². The van der Waals surface area contributed by atoms with Crippen molar-refractivity contribution in [3.63, 3.8) is 0 Å². The van der Waals surface area contributed by atoms with Gasteiger partial charge in [0.15, 0.2) is 0 Å². The highest BCUT2D eigenvalue weighted by atomic mass is 32.2. The third-order valence-corrected chi connectivity index (χ3v) is 7.02. The molecule has 1 aromatic rings. The van der Waals surface area contributed by atoms with Gasteiger partial charge in [0, 0.05) is 26.7 Å². The van der Waals surface area contributed by atoms with Gasteiger partial charge in [0.1, 0.15) is 11.8 Å². The number of nitrogens with zero attached hydrogens (tertiary/aromatic N) is 2. The Labute approximate surface area is 172 Å². The van der Waals surface area contributed by atoms with E-state index in [1.54, 1.807) is 19.2 Å². The highest BCUT2D eigenvalue weighted by Crippen LogP contribution is 2.29. The van der Waals surface area contributed by atoms with E-state index in [0.29, 0.717) is 18.7 Å². The number of amides is 1. The lowest BCUT2D eigenvalue weighted by Crippen LogP contribution is -2.57. The van der Waals surface area contributed by atoms with Crippen LogP contribution in [0.15, 0.2) is 24.3 Å². The van der Waals surface area contributed by atoms with Crippen LogP contribution in [0.3, 0.4) is 0 Å². The van der Waals surface area contributed by atoms with Gasteiger partial charge < -0.3 is 14.8 Å². The summed E-state index contributed by atoms with van der Waals surface area (Å²) in [7, 11) is -0.767. The maximum absolute atomic E-state index is 12.7. The van der Waals surface area contributed by atoms with Crippen molar-refractivity contribution in [2.45, 2.75) is 24.9 Å². The zero-order valence-corrected chi connectivity index (χ0v) is 17.8. The predicted molar refractivity (Wildman–Crippen MR) is 109 cm³/mol. The molecule has 0 spiro atoms. The van der Waals surface area contributed by atoms with Crippen molar-refractivity contribution in [2.24, 2.45) is 0 Å². The molecule has 0 radical (unpaired) electrons. The molecule has 2 fully saturated rings. The highest BCUT2D eigenvalue weighted by Gasteiger charge is 2.40. The molecule has 1 aromatic carbocycles. The topological polar surface area (TPSA) is 100 Å². The molecule has 1 amide bonds. The average molecular weight is 427 g/mol. The van der Waals surface area contributed by atoms with E-state index in [9.17, 15) is 13.2 Å². The summed E-state index contributed by atoms with van der Waals surface area (Å²) < 4.78 is 39.4. The van der Waals surface area contributed by atoms with Gasteiger partial charge in [0.05, 0.1) is 26.4 Å². The molecule has 0 aliphatic carbocycles. The molecule has 2 saturated heterocycles. The zero-order valence-electron chi connectivity index (χ0n) is 17.0. The van der Waals surface area contributed by atoms with Gasteiger partial charge >= 0.3 is 0 Å². The third-order valence-electron chi connectivity index (χ3n) is 5.42. The smallest absolute Gasteiger partial charge is 0.280 e. The molecule has 2 atom stereocenters. The van der Waals surface area contributed by atoms with Crippen LogP contribution in [0.1, 0.15) is 24.4 Å². The zero-order chi connectivity index (χ0) is 20.9. The fourth-order valence-corrected chi connectivity index (χ4v) is 4.92. The fraction of sp³-hybridized carbons (Fsp3) is 0.632. The minimum Gasteiger partial charge on any atom is -0.497 e. The number of methoxy groups -OCH3 is 1. The van der Waals surface area contributed by atoms with E-state index >= 15 is 0 Å². The van der Waals surface area contributed by atoms with Gasteiger partial charge in [-0.2, -0.15) is 17.4 Å². The number of hydrogen-bond donors (Lipinski definition) is 2. The molecule has 2 unspecified atom stereocenters. The molecular weight excluding hydrogens is 396 g/mol. The van der Waals surface area contributed by atoms with Crippen molar-refractivity contribution in [3.8, 4) is 5.75 Å². The maximum Gasteiger partial charge on any atom is 0.280 e. The number of benzene rings is 1. The van der Waals surface area contributed by atoms with E-state index in [2.05, 4.69) is 14.9 Å². The SMILES string of the molecule is COc1cccc(C2CC(C(=O)NCCCN3CCOCC3)N(C)S(=O)(=O)N2)c1.